The van der Waals surface area contributed by atoms with Gasteiger partial charge >= 0.3 is 0 Å². The maximum absolute atomic E-state index is 12.1. The van der Waals surface area contributed by atoms with E-state index in [1.807, 2.05) is 27.7 Å². The monoisotopic (exact) mass is 302 g/mol. The fourth-order valence-electron chi connectivity index (χ4n) is 1.54. The quantitative estimate of drug-likeness (QED) is 0.803. The number of carbonyl (C=O) groups excluding carboxylic acids is 1. The highest BCUT2D eigenvalue weighted by Gasteiger charge is 2.23. The largest absolute Gasteiger partial charge is 0.361 e. The highest BCUT2D eigenvalue weighted by Crippen LogP contribution is 2.18. The Bertz CT molecular complexity index is 382. The van der Waals surface area contributed by atoms with Crippen LogP contribution in [0.4, 0.5) is 0 Å². The Hall–Kier alpha value is -0.840. The molecule has 0 fully saturated rings. The van der Waals surface area contributed by atoms with E-state index in [0.29, 0.717) is 6.54 Å². The zero-order valence-corrected chi connectivity index (χ0v) is 12.5. The van der Waals surface area contributed by atoms with Crippen molar-refractivity contribution in [1.29, 1.82) is 0 Å². The van der Waals surface area contributed by atoms with Crippen LogP contribution in [0.3, 0.4) is 0 Å². The van der Waals surface area contributed by atoms with Crippen molar-refractivity contribution in [1.82, 2.24) is 10.1 Å². The molecule has 0 saturated heterocycles. The van der Waals surface area contributed by atoms with Crippen molar-refractivity contribution in [2.75, 3.05) is 7.05 Å². The van der Waals surface area contributed by atoms with E-state index in [1.165, 1.54) is 0 Å². The fraction of sp³-hybridized carbons (Fsp3) is 0.667. The van der Waals surface area contributed by atoms with Gasteiger partial charge in [-0.15, -0.1) is 0 Å². The Morgan fingerprint density at radius 1 is 1.47 bits per heavy atom. The van der Waals surface area contributed by atoms with E-state index < -0.39 is 0 Å². The number of nitrogens with zero attached hydrogens (tertiary/aromatic N) is 2. The molecule has 0 N–H and O–H groups in total. The highest BCUT2D eigenvalue weighted by molar-refractivity contribution is 9.10. The number of hydrogen-bond donors (Lipinski definition) is 0. The average molecular weight is 303 g/mol. The van der Waals surface area contributed by atoms with E-state index >= 15 is 0 Å². The van der Waals surface area contributed by atoms with Crippen molar-refractivity contribution in [3.05, 3.63) is 17.0 Å². The Balaban J connectivity index is 2.73. The predicted octanol–water partition coefficient (Wildman–Crippen LogP) is 2.67. The molecule has 1 unspecified atom stereocenters. The van der Waals surface area contributed by atoms with Crippen molar-refractivity contribution in [3.8, 4) is 0 Å². The minimum Gasteiger partial charge on any atom is -0.361 e. The Morgan fingerprint density at radius 2 is 2.06 bits per heavy atom. The molecule has 17 heavy (non-hydrogen) atoms. The topological polar surface area (TPSA) is 46.3 Å². The lowest BCUT2D eigenvalue weighted by atomic mass is 10.1. The molecule has 0 spiro atoms. The van der Waals surface area contributed by atoms with Gasteiger partial charge in [-0.1, -0.05) is 34.9 Å². The first-order valence-corrected chi connectivity index (χ1v) is 6.57. The fourth-order valence-corrected chi connectivity index (χ4v) is 1.89. The summed E-state index contributed by atoms with van der Waals surface area (Å²) in [5, 5.41) is 3.88. The van der Waals surface area contributed by atoms with Crippen LogP contribution in [-0.2, 0) is 11.3 Å². The van der Waals surface area contributed by atoms with Crippen molar-refractivity contribution >= 4 is 21.8 Å². The molecule has 1 amide bonds. The van der Waals surface area contributed by atoms with Crippen LogP contribution in [0.25, 0.3) is 0 Å². The first kappa shape index (κ1) is 14.2. The van der Waals surface area contributed by atoms with Gasteiger partial charge in [-0.2, -0.15) is 0 Å². The molecule has 1 rings (SSSR count). The Labute approximate surface area is 110 Å². The summed E-state index contributed by atoms with van der Waals surface area (Å²) in [6.45, 7) is 8.32. The van der Waals surface area contributed by atoms with Gasteiger partial charge in [-0.05, 0) is 19.8 Å². The summed E-state index contributed by atoms with van der Waals surface area (Å²) in [5.41, 5.74) is 1.84. The summed E-state index contributed by atoms with van der Waals surface area (Å²) in [5.74, 6) is 1.13. The molecule has 0 aliphatic carbocycles. The van der Waals surface area contributed by atoms with Gasteiger partial charge in [0.25, 0.3) is 0 Å². The van der Waals surface area contributed by atoms with Crippen molar-refractivity contribution < 1.29 is 9.32 Å². The maximum Gasteiger partial charge on any atom is 0.236 e. The second-order valence-electron chi connectivity index (χ2n) is 4.64. The molecule has 0 bridgehead atoms. The van der Waals surface area contributed by atoms with Gasteiger partial charge in [0.2, 0.25) is 5.91 Å². The second-order valence-corrected chi connectivity index (χ2v) is 5.63. The molecule has 96 valence electrons. The first-order valence-electron chi connectivity index (χ1n) is 5.65. The highest BCUT2D eigenvalue weighted by atomic mass is 79.9. The van der Waals surface area contributed by atoms with E-state index in [4.69, 9.17) is 4.52 Å². The van der Waals surface area contributed by atoms with Crippen LogP contribution in [0, 0.1) is 19.8 Å². The third-order valence-electron chi connectivity index (χ3n) is 2.77. The van der Waals surface area contributed by atoms with Gasteiger partial charge in [0.15, 0.2) is 0 Å². The van der Waals surface area contributed by atoms with Gasteiger partial charge in [0.05, 0.1) is 17.1 Å². The molecule has 5 heteroatoms. The van der Waals surface area contributed by atoms with E-state index in [1.54, 1.807) is 11.9 Å². The number of amides is 1. The number of alkyl halides is 1. The average Bonchev–Trinajstić information content (AvgIpc) is 2.58. The number of aromatic nitrogens is 1. The number of aryl methyl sites for hydroxylation is 2. The van der Waals surface area contributed by atoms with Gasteiger partial charge < -0.3 is 9.42 Å². The number of hydrogen-bond acceptors (Lipinski definition) is 3. The number of rotatable bonds is 4. The SMILES string of the molecule is Cc1noc(C)c1CN(C)C(=O)C(Br)C(C)C. The van der Waals surface area contributed by atoms with E-state index in [0.717, 1.165) is 17.0 Å². The molecule has 1 atom stereocenters. The molecular weight excluding hydrogens is 284 g/mol. The van der Waals surface area contributed by atoms with Crippen LogP contribution in [0.2, 0.25) is 0 Å². The van der Waals surface area contributed by atoms with Crippen molar-refractivity contribution in [2.24, 2.45) is 5.92 Å². The van der Waals surface area contributed by atoms with Gasteiger partial charge in [0, 0.05) is 12.6 Å². The smallest absolute Gasteiger partial charge is 0.236 e. The summed E-state index contributed by atoms with van der Waals surface area (Å²) < 4.78 is 5.08. The lowest BCUT2D eigenvalue weighted by Crippen LogP contribution is -2.35. The molecule has 1 aromatic rings. The molecule has 0 saturated carbocycles. The minimum absolute atomic E-state index is 0.0833. The third kappa shape index (κ3) is 3.31. The molecular formula is C12H19BrN2O2. The van der Waals surface area contributed by atoms with Gasteiger partial charge in [-0.25, -0.2) is 0 Å². The van der Waals surface area contributed by atoms with E-state index in [-0.39, 0.29) is 16.7 Å². The minimum atomic E-state index is -0.145. The Kier molecular flexibility index (Phi) is 4.74. The summed E-state index contributed by atoms with van der Waals surface area (Å²) in [7, 11) is 1.80. The van der Waals surface area contributed by atoms with Gasteiger partial charge in [0.1, 0.15) is 5.76 Å². The molecule has 4 nitrogen and oxygen atoms in total. The third-order valence-corrected chi connectivity index (χ3v) is 4.22. The molecule has 0 aromatic carbocycles. The summed E-state index contributed by atoms with van der Waals surface area (Å²) >= 11 is 3.42. The molecule has 0 aliphatic heterocycles. The van der Waals surface area contributed by atoms with Crippen LogP contribution in [0.15, 0.2) is 4.52 Å². The molecule has 1 heterocycles. The van der Waals surface area contributed by atoms with Crippen LogP contribution < -0.4 is 0 Å². The summed E-state index contributed by atoms with van der Waals surface area (Å²) in [6, 6.07) is 0. The number of halogens is 1. The number of carbonyl (C=O) groups is 1. The summed E-state index contributed by atoms with van der Waals surface area (Å²) in [6.07, 6.45) is 0. The molecule has 0 radical (unpaired) electrons. The van der Waals surface area contributed by atoms with Crippen LogP contribution in [-0.4, -0.2) is 27.8 Å². The predicted molar refractivity (Wildman–Crippen MR) is 70.0 cm³/mol. The Morgan fingerprint density at radius 3 is 2.47 bits per heavy atom. The maximum atomic E-state index is 12.1. The zero-order chi connectivity index (χ0) is 13.2. The normalized spacial score (nSPS) is 12.9. The zero-order valence-electron chi connectivity index (χ0n) is 11.0. The van der Waals surface area contributed by atoms with Crippen LogP contribution >= 0.6 is 15.9 Å². The standard InChI is InChI=1S/C12H19BrN2O2/c1-7(2)11(13)12(16)15(5)6-10-8(3)14-17-9(10)4/h7,11H,6H2,1-5H3. The summed E-state index contributed by atoms with van der Waals surface area (Å²) in [4.78, 5) is 13.6. The van der Waals surface area contributed by atoms with E-state index in [2.05, 4.69) is 21.1 Å². The van der Waals surface area contributed by atoms with Gasteiger partial charge in [-0.3, -0.25) is 4.79 Å². The molecule has 1 aromatic heterocycles. The lowest BCUT2D eigenvalue weighted by Gasteiger charge is -2.22. The lowest BCUT2D eigenvalue weighted by molar-refractivity contribution is -0.130. The van der Waals surface area contributed by atoms with Crippen molar-refractivity contribution in [3.63, 3.8) is 0 Å². The van der Waals surface area contributed by atoms with Crippen LogP contribution in [0.5, 0.6) is 0 Å². The first-order chi connectivity index (χ1) is 7.84. The van der Waals surface area contributed by atoms with E-state index in [9.17, 15) is 4.79 Å². The second kappa shape index (κ2) is 5.67. The molecule has 0 aliphatic rings. The van der Waals surface area contributed by atoms with Crippen molar-refractivity contribution in [2.45, 2.75) is 39.1 Å². The van der Waals surface area contributed by atoms with Crippen LogP contribution in [0.1, 0.15) is 30.9 Å².